The molecule has 0 fully saturated rings. The van der Waals surface area contributed by atoms with Gasteiger partial charge in [-0.25, -0.2) is 0 Å². The van der Waals surface area contributed by atoms with Gasteiger partial charge in [0.1, 0.15) is 17.5 Å². The van der Waals surface area contributed by atoms with Crippen LogP contribution in [0.15, 0.2) is 48.7 Å². The summed E-state index contributed by atoms with van der Waals surface area (Å²) >= 11 is 0. The van der Waals surface area contributed by atoms with Crippen molar-refractivity contribution in [1.29, 1.82) is 0 Å². The molecule has 0 unspecified atom stereocenters. The number of pyridine rings is 1. The standard InChI is InChI=1S/C16H18N2O3/c1-20-14-9-4-3-7-12(14)15(21-2)11-18-16(19)13-8-5-6-10-17-13/h3-10,15H,11H2,1-2H3,(H,18,19)/t15-/m1/s1. The Morgan fingerprint density at radius 1 is 1.19 bits per heavy atom. The molecule has 21 heavy (non-hydrogen) atoms. The SMILES string of the molecule is COc1ccccc1[C@@H](CNC(=O)c1ccccn1)OC. The normalized spacial score (nSPS) is 11.7. The minimum atomic E-state index is -0.284. The highest BCUT2D eigenvalue weighted by Crippen LogP contribution is 2.26. The number of aromatic nitrogens is 1. The van der Waals surface area contributed by atoms with E-state index in [4.69, 9.17) is 9.47 Å². The average molecular weight is 286 g/mol. The number of carbonyl (C=O) groups is 1. The van der Waals surface area contributed by atoms with Gasteiger partial charge in [-0.05, 0) is 18.2 Å². The highest BCUT2D eigenvalue weighted by Gasteiger charge is 2.16. The molecule has 0 saturated carbocycles. The lowest BCUT2D eigenvalue weighted by Crippen LogP contribution is -2.29. The fourth-order valence-corrected chi connectivity index (χ4v) is 2.03. The molecule has 0 saturated heterocycles. The van der Waals surface area contributed by atoms with E-state index in [0.29, 0.717) is 12.2 Å². The lowest BCUT2D eigenvalue weighted by atomic mass is 10.1. The summed E-state index contributed by atoms with van der Waals surface area (Å²) in [6.07, 6.45) is 1.30. The van der Waals surface area contributed by atoms with E-state index < -0.39 is 0 Å². The highest BCUT2D eigenvalue weighted by molar-refractivity contribution is 5.92. The Morgan fingerprint density at radius 2 is 1.95 bits per heavy atom. The minimum absolute atomic E-state index is 0.229. The Balaban J connectivity index is 2.05. The first-order valence-electron chi connectivity index (χ1n) is 6.61. The van der Waals surface area contributed by atoms with Crippen LogP contribution in [-0.2, 0) is 4.74 Å². The van der Waals surface area contributed by atoms with Gasteiger partial charge in [0.15, 0.2) is 0 Å². The second-order valence-electron chi connectivity index (χ2n) is 4.39. The molecule has 0 aliphatic carbocycles. The monoisotopic (exact) mass is 286 g/mol. The zero-order valence-electron chi connectivity index (χ0n) is 12.1. The van der Waals surface area contributed by atoms with Crippen LogP contribution in [0.3, 0.4) is 0 Å². The minimum Gasteiger partial charge on any atom is -0.496 e. The van der Waals surface area contributed by atoms with E-state index in [0.717, 1.165) is 11.3 Å². The number of methoxy groups -OCH3 is 2. The molecule has 1 amide bonds. The van der Waals surface area contributed by atoms with Crippen molar-refractivity contribution >= 4 is 5.91 Å². The molecule has 0 aliphatic rings. The number of ether oxygens (including phenoxy) is 2. The van der Waals surface area contributed by atoms with E-state index in [1.807, 2.05) is 24.3 Å². The first-order chi connectivity index (χ1) is 10.3. The predicted molar refractivity (Wildman–Crippen MR) is 79.3 cm³/mol. The Hall–Kier alpha value is -2.40. The molecule has 2 rings (SSSR count). The van der Waals surface area contributed by atoms with Crippen molar-refractivity contribution in [3.8, 4) is 5.75 Å². The maximum Gasteiger partial charge on any atom is 0.269 e. The summed E-state index contributed by atoms with van der Waals surface area (Å²) in [7, 11) is 3.21. The van der Waals surface area contributed by atoms with Crippen molar-refractivity contribution in [1.82, 2.24) is 10.3 Å². The molecule has 1 aromatic heterocycles. The van der Waals surface area contributed by atoms with Crippen LogP contribution in [-0.4, -0.2) is 31.7 Å². The summed E-state index contributed by atoms with van der Waals surface area (Å²) in [5.41, 5.74) is 1.27. The maximum absolute atomic E-state index is 12.0. The molecule has 1 atom stereocenters. The quantitative estimate of drug-likeness (QED) is 0.884. The summed E-state index contributed by atoms with van der Waals surface area (Å²) in [5, 5.41) is 2.82. The van der Waals surface area contributed by atoms with Crippen LogP contribution >= 0.6 is 0 Å². The van der Waals surface area contributed by atoms with E-state index >= 15 is 0 Å². The van der Waals surface area contributed by atoms with Gasteiger partial charge in [-0.3, -0.25) is 9.78 Å². The largest absolute Gasteiger partial charge is 0.496 e. The van der Waals surface area contributed by atoms with Crippen LogP contribution in [0.5, 0.6) is 5.75 Å². The number of para-hydroxylation sites is 1. The van der Waals surface area contributed by atoms with Gasteiger partial charge in [-0.2, -0.15) is 0 Å². The van der Waals surface area contributed by atoms with Crippen molar-refractivity contribution < 1.29 is 14.3 Å². The van der Waals surface area contributed by atoms with Crippen LogP contribution in [0.2, 0.25) is 0 Å². The van der Waals surface area contributed by atoms with Crippen molar-refractivity contribution in [2.45, 2.75) is 6.10 Å². The lowest BCUT2D eigenvalue weighted by molar-refractivity contribution is 0.0815. The molecule has 0 aliphatic heterocycles. The average Bonchev–Trinajstić information content (AvgIpc) is 2.56. The number of rotatable bonds is 6. The summed E-state index contributed by atoms with van der Waals surface area (Å²) < 4.78 is 10.8. The predicted octanol–water partition coefficient (Wildman–Crippen LogP) is 2.21. The summed E-state index contributed by atoms with van der Waals surface area (Å²) in [5.74, 6) is 0.504. The third-order valence-electron chi connectivity index (χ3n) is 3.12. The third-order valence-corrected chi connectivity index (χ3v) is 3.12. The molecule has 0 bridgehead atoms. The van der Waals surface area contributed by atoms with Crippen LogP contribution in [0.25, 0.3) is 0 Å². The summed E-state index contributed by atoms with van der Waals surface area (Å²) in [4.78, 5) is 16.0. The number of benzene rings is 1. The molecular weight excluding hydrogens is 268 g/mol. The smallest absolute Gasteiger partial charge is 0.269 e. The fourth-order valence-electron chi connectivity index (χ4n) is 2.03. The molecule has 1 N–H and O–H groups in total. The number of hydrogen-bond acceptors (Lipinski definition) is 4. The van der Waals surface area contributed by atoms with Gasteiger partial charge in [0.2, 0.25) is 0 Å². The molecule has 1 heterocycles. The number of nitrogens with one attached hydrogen (secondary N) is 1. The number of carbonyl (C=O) groups excluding carboxylic acids is 1. The first kappa shape index (κ1) is 15.0. The van der Waals surface area contributed by atoms with Gasteiger partial charge in [0.05, 0.1) is 7.11 Å². The molecule has 110 valence electrons. The van der Waals surface area contributed by atoms with Gasteiger partial charge in [-0.15, -0.1) is 0 Å². The van der Waals surface area contributed by atoms with Gasteiger partial charge in [0.25, 0.3) is 5.91 Å². The van der Waals surface area contributed by atoms with E-state index in [1.165, 1.54) is 0 Å². The molecular formula is C16H18N2O3. The zero-order chi connectivity index (χ0) is 15.1. The second-order valence-corrected chi connectivity index (χ2v) is 4.39. The number of hydrogen-bond donors (Lipinski definition) is 1. The van der Waals surface area contributed by atoms with E-state index in [2.05, 4.69) is 10.3 Å². The van der Waals surface area contributed by atoms with Crippen LogP contribution in [0.4, 0.5) is 0 Å². The van der Waals surface area contributed by atoms with E-state index in [-0.39, 0.29) is 12.0 Å². The Labute approximate surface area is 123 Å². The van der Waals surface area contributed by atoms with Gasteiger partial charge in [0, 0.05) is 25.4 Å². The molecule has 0 spiro atoms. The molecule has 5 nitrogen and oxygen atoms in total. The Kier molecular flexibility index (Phi) is 5.29. The Morgan fingerprint density at radius 3 is 2.62 bits per heavy atom. The topological polar surface area (TPSA) is 60.5 Å². The maximum atomic E-state index is 12.0. The highest BCUT2D eigenvalue weighted by atomic mass is 16.5. The van der Waals surface area contributed by atoms with Gasteiger partial charge in [-0.1, -0.05) is 24.3 Å². The second kappa shape index (κ2) is 7.40. The van der Waals surface area contributed by atoms with Crippen molar-refractivity contribution in [3.05, 3.63) is 59.9 Å². The number of amides is 1. The van der Waals surface area contributed by atoms with E-state index in [1.54, 1.807) is 38.6 Å². The summed E-state index contributed by atoms with van der Waals surface area (Å²) in [6.45, 7) is 0.340. The zero-order valence-corrected chi connectivity index (χ0v) is 12.1. The first-order valence-corrected chi connectivity index (χ1v) is 6.61. The van der Waals surface area contributed by atoms with Gasteiger partial charge >= 0.3 is 0 Å². The Bertz CT molecular complexity index is 587. The summed E-state index contributed by atoms with van der Waals surface area (Å²) in [6, 6.07) is 12.8. The molecule has 2 aromatic rings. The van der Waals surface area contributed by atoms with Crippen LogP contribution < -0.4 is 10.1 Å². The van der Waals surface area contributed by atoms with Gasteiger partial charge < -0.3 is 14.8 Å². The van der Waals surface area contributed by atoms with Crippen molar-refractivity contribution in [3.63, 3.8) is 0 Å². The van der Waals surface area contributed by atoms with Crippen LogP contribution in [0, 0.1) is 0 Å². The van der Waals surface area contributed by atoms with Crippen molar-refractivity contribution in [2.75, 3.05) is 20.8 Å². The third kappa shape index (κ3) is 3.79. The molecule has 1 aromatic carbocycles. The molecule has 0 radical (unpaired) electrons. The van der Waals surface area contributed by atoms with Crippen LogP contribution in [0.1, 0.15) is 22.2 Å². The lowest BCUT2D eigenvalue weighted by Gasteiger charge is -2.18. The van der Waals surface area contributed by atoms with E-state index in [9.17, 15) is 4.79 Å². The number of nitrogens with zero attached hydrogens (tertiary/aromatic N) is 1. The molecule has 5 heteroatoms. The fraction of sp³-hybridized carbons (Fsp3) is 0.250. The van der Waals surface area contributed by atoms with Crippen molar-refractivity contribution in [2.24, 2.45) is 0 Å².